The number of ketones is 1. The van der Waals surface area contributed by atoms with Gasteiger partial charge in [-0.05, 0) is 38.1 Å². The number of rotatable bonds is 3. The number of likely N-dealkylation sites (tertiary alicyclic amines) is 1. The summed E-state index contributed by atoms with van der Waals surface area (Å²) >= 11 is 0. The summed E-state index contributed by atoms with van der Waals surface area (Å²) in [5.74, 6) is 1.19. The monoisotopic (exact) mass is 239 g/mol. The molecule has 17 heavy (non-hydrogen) atoms. The minimum absolute atomic E-state index is 0.273. The van der Waals surface area contributed by atoms with E-state index in [9.17, 15) is 9.90 Å². The van der Waals surface area contributed by atoms with E-state index in [1.807, 2.05) is 0 Å². The van der Waals surface area contributed by atoms with Crippen LogP contribution >= 0.6 is 0 Å². The standard InChI is InChI=1S/C14H25NO2/c16-11-12-5-4-8-15(9-12)10-13-6-2-1-3-7-14(13)17/h12-13,16H,1-11H2. The molecule has 1 saturated carbocycles. The Bertz CT molecular complexity index is 255. The van der Waals surface area contributed by atoms with Crippen molar-refractivity contribution in [3.05, 3.63) is 0 Å². The maximum absolute atomic E-state index is 12.0. The van der Waals surface area contributed by atoms with Gasteiger partial charge >= 0.3 is 0 Å². The third-order valence-electron chi connectivity index (χ3n) is 4.27. The van der Waals surface area contributed by atoms with E-state index in [-0.39, 0.29) is 5.92 Å². The molecule has 2 aliphatic rings. The van der Waals surface area contributed by atoms with E-state index < -0.39 is 0 Å². The highest BCUT2D eigenvalue weighted by Crippen LogP contribution is 2.23. The topological polar surface area (TPSA) is 40.5 Å². The fraction of sp³-hybridized carbons (Fsp3) is 0.929. The second kappa shape index (κ2) is 6.50. The Balaban J connectivity index is 1.83. The summed E-state index contributed by atoms with van der Waals surface area (Å²) in [5, 5.41) is 9.22. The molecular formula is C14H25NO2. The number of hydrogen-bond donors (Lipinski definition) is 1. The average Bonchev–Trinajstić information content (AvgIpc) is 2.55. The first-order valence-corrected chi connectivity index (χ1v) is 7.15. The highest BCUT2D eigenvalue weighted by Gasteiger charge is 2.26. The number of hydrogen-bond acceptors (Lipinski definition) is 3. The number of aliphatic hydroxyl groups excluding tert-OH is 1. The summed E-state index contributed by atoms with van der Waals surface area (Å²) in [4.78, 5) is 14.4. The second-order valence-corrected chi connectivity index (χ2v) is 5.71. The van der Waals surface area contributed by atoms with Crippen LogP contribution in [0, 0.1) is 11.8 Å². The largest absolute Gasteiger partial charge is 0.396 e. The van der Waals surface area contributed by atoms with E-state index in [0.717, 1.165) is 45.3 Å². The summed E-state index contributed by atoms with van der Waals surface area (Å²) < 4.78 is 0. The molecule has 0 aromatic heterocycles. The molecule has 0 aromatic rings. The van der Waals surface area contributed by atoms with Gasteiger partial charge in [-0.2, -0.15) is 0 Å². The van der Waals surface area contributed by atoms with Gasteiger partial charge in [-0.15, -0.1) is 0 Å². The molecule has 3 nitrogen and oxygen atoms in total. The van der Waals surface area contributed by atoms with Gasteiger partial charge in [0.25, 0.3) is 0 Å². The molecule has 2 fully saturated rings. The van der Waals surface area contributed by atoms with Crippen molar-refractivity contribution in [1.29, 1.82) is 0 Å². The fourth-order valence-electron chi connectivity index (χ4n) is 3.20. The lowest BCUT2D eigenvalue weighted by molar-refractivity contribution is -0.123. The first-order valence-electron chi connectivity index (χ1n) is 7.15. The number of piperidine rings is 1. The van der Waals surface area contributed by atoms with E-state index in [2.05, 4.69) is 4.90 Å². The molecule has 1 heterocycles. The van der Waals surface area contributed by atoms with Gasteiger partial charge in [0, 0.05) is 32.0 Å². The predicted octanol–water partition coefficient (Wildman–Crippen LogP) is 1.84. The molecule has 0 aromatic carbocycles. The number of carbonyl (C=O) groups is 1. The number of nitrogens with zero attached hydrogens (tertiary/aromatic N) is 1. The van der Waals surface area contributed by atoms with Crippen LogP contribution in [-0.2, 0) is 4.79 Å². The summed E-state index contributed by atoms with van der Waals surface area (Å²) in [6.45, 7) is 3.34. The molecule has 1 saturated heterocycles. The SMILES string of the molecule is O=C1CCCCCC1CN1CCCC(CO)C1. The Morgan fingerprint density at radius 2 is 2.06 bits per heavy atom. The Kier molecular flexibility index (Phi) is 4.99. The van der Waals surface area contributed by atoms with Crippen molar-refractivity contribution in [2.45, 2.75) is 44.9 Å². The zero-order chi connectivity index (χ0) is 12.1. The molecule has 3 heteroatoms. The van der Waals surface area contributed by atoms with E-state index >= 15 is 0 Å². The van der Waals surface area contributed by atoms with Gasteiger partial charge in [0.05, 0.1) is 0 Å². The predicted molar refractivity (Wildman–Crippen MR) is 67.8 cm³/mol. The summed E-state index contributed by atoms with van der Waals surface area (Å²) in [6, 6.07) is 0. The van der Waals surface area contributed by atoms with E-state index in [4.69, 9.17) is 0 Å². The van der Waals surface area contributed by atoms with E-state index in [1.165, 1.54) is 19.3 Å². The van der Waals surface area contributed by atoms with E-state index in [0.29, 0.717) is 18.3 Å². The van der Waals surface area contributed by atoms with Crippen LogP contribution in [-0.4, -0.2) is 42.0 Å². The van der Waals surface area contributed by atoms with Gasteiger partial charge in [0.2, 0.25) is 0 Å². The zero-order valence-corrected chi connectivity index (χ0v) is 10.7. The Morgan fingerprint density at radius 3 is 2.88 bits per heavy atom. The van der Waals surface area contributed by atoms with Crippen molar-refractivity contribution in [3.8, 4) is 0 Å². The summed E-state index contributed by atoms with van der Waals surface area (Å²) in [6.07, 6.45) is 7.72. The Labute approximate surface area is 104 Å². The first kappa shape index (κ1) is 13.0. The maximum atomic E-state index is 12.0. The molecule has 2 unspecified atom stereocenters. The molecule has 0 bridgehead atoms. The summed E-state index contributed by atoms with van der Waals surface area (Å²) in [7, 11) is 0. The molecule has 1 aliphatic carbocycles. The normalized spacial score (nSPS) is 32.4. The zero-order valence-electron chi connectivity index (χ0n) is 10.7. The minimum atomic E-state index is 0.273. The molecule has 0 spiro atoms. The van der Waals surface area contributed by atoms with Crippen LogP contribution in [0.25, 0.3) is 0 Å². The lowest BCUT2D eigenvalue weighted by Crippen LogP contribution is -2.41. The van der Waals surface area contributed by atoms with Gasteiger partial charge < -0.3 is 10.0 Å². The average molecular weight is 239 g/mol. The van der Waals surface area contributed by atoms with Gasteiger partial charge in [0.15, 0.2) is 0 Å². The van der Waals surface area contributed by atoms with Crippen LogP contribution in [0.1, 0.15) is 44.9 Å². The van der Waals surface area contributed by atoms with Crippen LogP contribution < -0.4 is 0 Å². The highest BCUT2D eigenvalue weighted by molar-refractivity contribution is 5.81. The van der Waals surface area contributed by atoms with Crippen LogP contribution in [0.5, 0.6) is 0 Å². The minimum Gasteiger partial charge on any atom is -0.396 e. The lowest BCUT2D eigenvalue weighted by atomic mass is 9.94. The Morgan fingerprint density at radius 1 is 1.18 bits per heavy atom. The van der Waals surface area contributed by atoms with Gasteiger partial charge in [-0.1, -0.05) is 12.8 Å². The molecule has 0 amide bonds. The van der Waals surface area contributed by atoms with Crippen LogP contribution in [0.4, 0.5) is 0 Å². The number of aliphatic hydroxyl groups is 1. The van der Waals surface area contributed by atoms with Crippen molar-refractivity contribution in [2.24, 2.45) is 11.8 Å². The molecule has 2 rings (SSSR count). The van der Waals surface area contributed by atoms with Gasteiger partial charge in [0.1, 0.15) is 5.78 Å². The molecule has 2 atom stereocenters. The fourth-order valence-corrected chi connectivity index (χ4v) is 3.20. The summed E-state index contributed by atoms with van der Waals surface area (Å²) in [5.41, 5.74) is 0. The van der Waals surface area contributed by atoms with Crippen molar-refractivity contribution in [1.82, 2.24) is 4.90 Å². The van der Waals surface area contributed by atoms with Gasteiger partial charge in [-0.3, -0.25) is 4.79 Å². The van der Waals surface area contributed by atoms with Gasteiger partial charge in [-0.25, -0.2) is 0 Å². The molecule has 1 aliphatic heterocycles. The van der Waals surface area contributed by atoms with Crippen molar-refractivity contribution in [2.75, 3.05) is 26.2 Å². The van der Waals surface area contributed by atoms with E-state index in [1.54, 1.807) is 0 Å². The lowest BCUT2D eigenvalue weighted by Gasteiger charge is -2.33. The number of carbonyl (C=O) groups excluding carboxylic acids is 1. The Hall–Kier alpha value is -0.410. The first-order chi connectivity index (χ1) is 8.29. The van der Waals surface area contributed by atoms with Crippen molar-refractivity contribution >= 4 is 5.78 Å². The highest BCUT2D eigenvalue weighted by atomic mass is 16.3. The van der Waals surface area contributed by atoms with Crippen LogP contribution in [0.2, 0.25) is 0 Å². The van der Waals surface area contributed by atoms with Crippen LogP contribution in [0.15, 0.2) is 0 Å². The second-order valence-electron chi connectivity index (χ2n) is 5.71. The number of Topliss-reactive ketones (excluding diaryl/α,β-unsaturated/α-hetero) is 1. The molecule has 98 valence electrons. The quantitative estimate of drug-likeness (QED) is 0.764. The third kappa shape index (κ3) is 3.78. The van der Waals surface area contributed by atoms with Crippen molar-refractivity contribution in [3.63, 3.8) is 0 Å². The third-order valence-corrected chi connectivity index (χ3v) is 4.27. The van der Waals surface area contributed by atoms with Crippen molar-refractivity contribution < 1.29 is 9.90 Å². The maximum Gasteiger partial charge on any atom is 0.137 e. The molecule has 1 N–H and O–H groups in total. The smallest absolute Gasteiger partial charge is 0.137 e. The van der Waals surface area contributed by atoms with Crippen LogP contribution in [0.3, 0.4) is 0 Å². The molecule has 0 radical (unpaired) electrons. The molecular weight excluding hydrogens is 214 g/mol.